The molecule has 170 valence electrons. The van der Waals surface area contributed by atoms with Crippen molar-refractivity contribution in [1.82, 2.24) is 19.2 Å². The second-order valence-corrected chi connectivity index (χ2v) is 10.5. The predicted octanol–water partition coefficient (Wildman–Crippen LogP) is 2.36. The number of fused-ring (bicyclic) bond motifs is 1. The number of sulfonamides is 1. The number of nitrogens with one attached hydrogen (secondary N) is 1. The van der Waals surface area contributed by atoms with Crippen molar-refractivity contribution in [2.75, 3.05) is 19.7 Å². The minimum absolute atomic E-state index is 0.00186. The molecule has 31 heavy (non-hydrogen) atoms. The average molecular weight is 449 g/mol. The molecule has 0 spiro atoms. The number of imidazole rings is 1. The van der Waals surface area contributed by atoms with Crippen LogP contribution in [0.1, 0.15) is 51.3 Å². The first-order valence-electron chi connectivity index (χ1n) is 11.2. The second-order valence-electron chi connectivity index (χ2n) is 8.61. The van der Waals surface area contributed by atoms with Gasteiger partial charge >= 0.3 is 0 Å². The number of piperidine rings is 1. The largest absolute Gasteiger partial charge is 0.376 e. The lowest BCUT2D eigenvalue weighted by Crippen LogP contribution is -2.40. The van der Waals surface area contributed by atoms with E-state index in [0.29, 0.717) is 31.4 Å². The number of hydrogen-bond donors (Lipinski definition) is 1. The summed E-state index contributed by atoms with van der Waals surface area (Å²) >= 11 is 0. The van der Waals surface area contributed by atoms with Gasteiger partial charge in [0.2, 0.25) is 15.9 Å². The molecule has 2 fully saturated rings. The lowest BCUT2D eigenvalue weighted by molar-refractivity contribution is -0.122. The van der Waals surface area contributed by atoms with Crippen molar-refractivity contribution >= 4 is 27.0 Å². The Balaban J connectivity index is 1.44. The maximum absolute atomic E-state index is 13.0. The van der Waals surface area contributed by atoms with Crippen LogP contribution in [0.3, 0.4) is 0 Å². The standard InChI is InChI=1S/C22H32N4O4S/c1-16(20-7-6-14-30-20)23-22(27)11-10-21-24-18-15-17(8-9-19(18)25(21)2)31(28,29)26-12-4-3-5-13-26/h8-9,15-16,20H,3-7,10-14H2,1-2H3,(H,23,27). The van der Waals surface area contributed by atoms with Gasteiger partial charge in [0.15, 0.2) is 0 Å². The number of nitrogens with zero attached hydrogens (tertiary/aromatic N) is 3. The quantitative estimate of drug-likeness (QED) is 0.702. The van der Waals surface area contributed by atoms with E-state index < -0.39 is 10.0 Å². The molecular formula is C22H32N4O4S. The normalized spacial score (nSPS) is 21.4. The topological polar surface area (TPSA) is 93.5 Å². The molecule has 1 amide bonds. The van der Waals surface area contributed by atoms with Crippen LogP contribution in [-0.4, -0.2) is 60.0 Å². The molecule has 0 saturated carbocycles. The predicted molar refractivity (Wildman–Crippen MR) is 118 cm³/mol. The molecule has 3 heterocycles. The average Bonchev–Trinajstić information content (AvgIpc) is 3.41. The summed E-state index contributed by atoms with van der Waals surface area (Å²) in [6.45, 7) is 3.90. The van der Waals surface area contributed by atoms with Crippen LogP contribution in [0.15, 0.2) is 23.1 Å². The van der Waals surface area contributed by atoms with Crippen molar-refractivity contribution in [3.8, 4) is 0 Å². The number of benzene rings is 1. The lowest BCUT2D eigenvalue weighted by Gasteiger charge is -2.25. The van der Waals surface area contributed by atoms with Gasteiger partial charge in [0.05, 0.1) is 28.1 Å². The maximum Gasteiger partial charge on any atom is 0.243 e. The van der Waals surface area contributed by atoms with Gasteiger partial charge in [-0.2, -0.15) is 4.31 Å². The smallest absolute Gasteiger partial charge is 0.243 e. The maximum atomic E-state index is 13.0. The van der Waals surface area contributed by atoms with Crippen LogP contribution in [0, 0.1) is 0 Å². The molecule has 2 atom stereocenters. The van der Waals surface area contributed by atoms with Crippen molar-refractivity contribution < 1.29 is 17.9 Å². The highest BCUT2D eigenvalue weighted by Crippen LogP contribution is 2.25. The lowest BCUT2D eigenvalue weighted by atomic mass is 10.1. The summed E-state index contributed by atoms with van der Waals surface area (Å²) in [4.78, 5) is 17.3. The monoisotopic (exact) mass is 448 g/mol. The van der Waals surface area contributed by atoms with Crippen LogP contribution in [-0.2, 0) is 33.0 Å². The number of aromatic nitrogens is 2. The van der Waals surface area contributed by atoms with E-state index in [1.54, 1.807) is 16.4 Å². The molecule has 0 aliphatic carbocycles. The third-order valence-corrected chi connectivity index (χ3v) is 8.28. The summed E-state index contributed by atoms with van der Waals surface area (Å²) in [6.07, 6.45) is 5.83. The Hall–Kier alpha value is -1.97. The summed E-state index contributed by atoms with van der Waals surface area (Å²) in [5, 5.41) is 3.02. The van der Waals surface area contributed by atoms with Crippen LogP contribution >= 0.6 is 0 Å². The van der Waals surface area contributed by atoms with Gasteiger partial charge in [0.25, 0.3) is 0 Å². The molecule has 2 aromatic rings. The summed E-state index contributed by atoms with van der Waals surface area (Å²) in [7, 11) is -1.60. The Labute approximate surface area is 184 Å². The summed E-state index contributed by atoms with van der Waals surface area (Å²) < 4.78 is 35.1. The fourth-order valence-electron chi connectivity index (χ4n) is 4.51. The van der Waals surface area contributed by atoms with Crippen molar-refractivity contribution in [1.29, 1.82) is 0 Å². The summed E-state index contributed by atoms with van der Waals surface area (Å²) in [5.74, 6) is 0.742. The molecule has 1 N–H and O–H groups in total. The van der Waals surface area contributed by atoms with E-state index in [-0.39, 0.29) is 22.9 Å². The van der Waals surface area contributed by atoms with E-state index in [4.69, 9.17) is 4.74 Å². The van der Waals surface area contributed by atoms with Crippen molar-refractivity contribution in [2.45, 2.75) is 68.9 Å². The highest BCUT2D eigenvalue weighted by Gasteiger charge is 2.27. The van der Waals surface area contributed by atoms with E-state index >= 15 is 0 Å². The van der Waals surface area contributed by atoms with Gasteiger partial charge in [-0.3, -0.25) is 4.79 Å². The minimum atomic E-state index is -3.50. The zero-order valence-electron chi connectivity index (χ0n) is 18.3. The van der Waals surface area contributed by atoms with Gasteiger partial charge in [0, 0.05) is 39.6 Å². The van der Waals surface area contributed by atoms with Crippen LogP contribution in [0.2, 0.25) is 0 Å². The minimum Gasteiger partial charge on any atom is -0.376 e. The molecule has 2 aliphatic heterocycles. The van der Waals surface area contributed by atoms with Gasteiger partial charge < -0.3 is 14.6 Å². The van der Waals surface area contributed by atoms with E-state index in [0.717, 1.165) is 50.1 Å². The first kappa shape index (κ1) is 22.2. The van der Waals surface area contributed by atoms with Gasteiger partial charge in [-0.05, 0) is 50.8 Å². The molecule has 0 radical (unpaired) electrons. The van der Waals surface area contributed by atoms with Gasteiger partial charge in [-0.1, -0.05) is 6.42 Å². The zero-order chi connectivity index (χ0) is 22.0. The summed E-state index contributed by atoms with van der Waals surface area (Å²) in [5.41, 5.74) is 1.50. The number of carbonyl (C=O) groups excluding carboxylic acids is 1. The third-order valence-electron chi connectivity index (χ3n) is 6.38. The third kappa shape index (κ3) is 4.78. The van der Waals surface area contributed by atoms with Crippen LogP contribution in [0.25, 0.3) is 11.0 Å². The van der Waals surface area contributed by atoms with E-state index in [2.05, 4.69) is 10.3 Å². The number of amides is 1. The molecule has 8 nitrogen and oxygen atoms in total. The summed E-state index contributed by atoms with van der Waals surface area (Å²) in [6, 6.07) is 5.12. The fraction of sp³-hybridized carbons (Fsp3) is 0.636. The highest BCUT2D eigenvalue weighted by atomic mass is 32.2. The molecule has 2 saturated heterocycles. The second kappa shape index (κ2) is 9.26. The fourth-order valence-corrected chi connectivity index (χ4v) is 6.05. The number of hydrogen-bond acceptors (Lipinski definition) is 5. The molecule has 1 aromatic heterocycles. The number of aryl methyl sites for hydroxylation is 2. The number of ether oxygens (including phenoxy) is 1. The van der Waals surface area contributed by atoms with E-state index in [1.165, 1.54) is 0 Å². The Kier molecular flexibility index (Phi) is 6.64. The highest BCUT2D eigenvalue weighted by molar-refractivity contribution is 7.89. The molecule has 4 rings (SSSR count). The van der Waals surface area contributed by atoms with Crippen LogP contribution in [0.4, 0.5) is 0 Å². The van der Waals surface area contributed by atoms with Crippen LogP contribution < -0.4 is 5.32 Å². The first-order chi connectivity index (χ1) is 14.9. The van der Waals surface area contributed by atoms with E-state index in [1.807, 2.05) is 24.6 Å². The molecule has 0 bridgehead atoms. The molecule has 2 unspecified atom stereocenters. The number of carbonyl (C=O) groups is 1. The van der Waals surface area contributed by atoms with Gasteiger partial charge in [-0.15, -0.1) is 0 Å². The molecule has 9 heteroatoms. The molecular weight excluding hydrogens is 416 g/mol. The van der Waals surface area contributed by atoms with E-state index in [9.17, 15) is 13.2 Å². The van der Waals surface area contributed by atoms with Crippen LogP contribution in [0.5, 0.6) is 0 Å². The van der Waals surface area contributed by atoms with Crippen molar-refractivity contribution in [2.24, 2.45) is 7.05 Å². The Morgan fingerprint density at radius 1 is 1.26 bits per heavy atom. The molecule has 2 aliphatic rings. The Morgan fingerprint density at radius 3 is 2.74 bits per heavy atom. The first-order valence-corrected chi connectivity index (χ1v) is 12.7. The molecule has 1 aromatic carbocycles. The van der Waals surface area contributed by atoms with Crippen molar-refractivity contribution in [3.05, 3.63) is 24.0 Å². The Bertz CT molecular complexity index is 1040. The van der Waals surface area contributed by atoms with Gasteiger partial charge in [0.1, 0.15) is 5.82 Å². The van der Waals surface area contributed by atoms with Crippen molar-refractivity contribution in [3.63, 3.8) is 0 Å². The Morgan fingerprint density at radius 2 is 2.03 bits per heavy atom. The number of rotatable bonds is 7. The SMILES string of the molecule is CC(NC(=O)CCc1nc2cc(S(=O)(=O)N3CCCCC3)ccc2n1C)C1CCCO1. The van der Waals surface area contributed by atoms with Gasteiger partial charge in [-0.25, -0.2) is 13.4 Å². The zero-order valence-corrected chi connectivity index (χ0v) is 19.2.